The Balaban J connectivity index is 2.55. The maximum Gasteiger partial charge on any atom is 0.108 e. The molecule has 90 valence electrons. The van der Waals surface area contributed by atoms with Crippen LogP contribution in [-0.4, -0.2) is 6.21 Å². The summed E-state index contributed by atoms with van der Waals surface area (Å²) in [6.45, 7) is 5.82. The lowest BCUT2D eigenvalue weighted by Gasteiger charge is -2.26. The van der Waals surface area contributed by atoms with E-state index in [0.717, 1.165) is 0 Å². The lowest BCUT2D eigenvalue weighted by molar-refractivity contribution is 0.610. The second-order valence-electron chi connectivity index (χ2n) is 4.32. The van der Waals surface area contributed by atoms with Crippen molar-refractivity contribution in [3.05, 3.63) is 84.4 Å². The fourth-order valence-electron chi connectivity index (χ4n) is 2.04. The summed E-state index contributed by atoms with van der Waals surface area (Å²) in [7, 11) is 0. The van der Waals surface area contributed by atoms with Gasteiger partial charge in [0.2, 0.25) is 0 Å². The maximum absolute atomic E-state index is 4.67. The zero-order valence-electron chi connectivity index (χ0n) is 10.6. The molecule has 0 spiro atoms. The monoisotopic (exact) mass is 235 g/mol. The van der Waals surface area contributed by atoms with Gasteiger partial charge < -0.3 is 0 Å². The van der Waals surface area contributed by atoms with Gasteiger partial charge in [-0.05, 0) is 18.1 Å². The minimum absolute atomic E-state index is 0.364. The van der Waals surface area contributed by atoms with E-state index in [-0.39, 0.29) is 5.54 Å². The van der Waals surface area contributed by atoms with Crippen molar-refractivity contribution in [1.82, 2.24) is 0 Å². The van der Waals surface area contributed by atoms with Crippen LogP contribution in [0.15, 0.2) is 78.3 Å². The van der Waals surface area contributed by atoms with Crippen LogP contribution in [0.25, 0.3) is 0 Å². The average Bonchev–Trinajstić information content (AvgIpc) is 2.46. The maximum atomic E-state index is 4.67. The second kappa shape index (κ2) is 5.46. The number of nitrogens with zero attached hydrogens (tertiary/aromatic N) is 1. The fourth-order valence-corrected chi connectivity index (χ4v) is 2.04. The molecular formula is C17H17N. The van der Waals surface area contributed by atoms with Crippen LogP contribution in [0.5, 0.6) is 0 Å². The highest BCUT2D eigenvalue weighted by Crippen LogP contribution is 2.32. The Hall–Kier alpha value is -2.15. The number of hydrogen-bond donors (Lipinski definition) is 0. The van der Waals surface area contributed by atoms with Crippen LogP contribution in [0.2, 0.25) is 0 Å². The zero-order valence-corrected chi connectivity index (χ0v) is 10.6. The molecule has 0 N–H and O–H groups in total. The van der Waals surface area contributed by atoms with Crippen molar-refractivity contribution in [2.24, 2.45) is 4.99 Å². The highest BCUT2D eigenvalue weighted by molar-refractivity contribution is 5.71. The Morgan fingerprint density at radius 3 is 1.72 bits per heavy atom. The van der Waals surface area contributed by atoms with E-state index in [4.69, 9.17) is 0 Å². The Morgan fingerprint density at radius 1 is 0.889 bits per heavy atom. The van der Waals surface area contributed by atoms with E-state index in [2.05, 4.69) is 42.8 Å². The molecule has 2 aromatic rings. The first-order chi connectivity index (χ1) is 8.77. The fraction of sp³-hybridized carbons (Fsp3) is 0.118. The van der Waals surface area contributed by atoms with Crippen LogP contribution in [-0.2, 0) is 5.54 Å². The van der Waals surface area contributed by atoms with Gasteiger partial charge in [-0.25, -0.2) is 0 Å². The molecule has 0 aliphatic heterocycles. The van der Waals surface area contributed by atoms with Crippen molar-refractivity contribution in [2.45, 2.75) is 12.5 Å². The lowest BCUT2D eigenvalue weighted by atomic mass is 9.85. The average molecular weight is 235 g/mol. The lowest BCUT2D eigenvalue weighted by Crippen LogP contribution is -2.20. The van der Waals surface area contributed by atoms with E-state index >= 15 is 0 Å². The standard InChI is InChI=1S/C17H17N/c1-3-14-18-17(2,15-10-6-4-7-11-15)16-12-8-5-9-13-16/h3-14H,1H2,2H3. The Morgan fingerprint density at radius 2 is 1.33 bits per heavy atom. The third-order valence-corrected chi connectivity index (χ3v) is 3.11. The van der Waals surface area contributed by atoms with Crippen molar-refractivity contribution in [3.63, 3.8) is 0 Å². The Labute approximate surface area is 109 Å². The van der Waals surface area contributed by atoms with E-state index < -0.39 is 0 Å². The number of rotatable bonds is 4. The van der Waals surface area contributed by atoms with Crippen LogP contribution < -0.4 is 0 Å². The van der Waals surface area contributed by atoms with E-state index in [9.17, 15) is 0 Å². The molecule has 0 fully saturated rings. The van der Waals surface area contributed by atoms with Crippen molar-refractivity contribution < 1.29 is 0 Å². The van der Waals surface area contributed by atoms with Crippen LogP contribution in [0.4, 0.5) is 0 Å². The summed E-state index contributed by atoms with van der Waals surface area (Å²) in [6.07, 6.45) is 3.48. The van der Waals surface area contributed by atoms with Crippen molar-refractivity contribution >= 4 is 6.21 Å². The molecule has 0 atom stereocenters. The first-order valence-electron chi connectivity index (χ1n) is 6.04. The summed E-state index contributed by atoms with van der Waals surface area (Å²) < 4.78 is 0. The molecular weight excluding hydrogens is 218 g/mol. The van der Waals surface area contributed by atoms with Gasteiger partial charge in [-0.3, -0.25) is 4.99 Å². The molecule has 0 amide bonds. The third-order valence-electron chi connectivity index (χ3n) is 3.11. The number of benzene rings is 2. The van der Waals surface area contributed by atoms with Gasteiger partial charge in [-0.1, -0.05) is 73.3 Å². The summed E-state index contributed by atoms with van der Waals surface area (Å²) in [5.41, 5.74) is 1.99. The number of allylic oxidation sites excluding steroid dienone is 1. The van der Waals surface area contributed by atoms with E-state index in [1.54, 1.807) is 12.3 Å². The first kappa shape index (κ1) is 12.3. The largest absolute Gasteiger partial charge is 0.277 e. The summed E-state index contributed by atoms with van der Waals surface area (Å²) in [6, 6.07) is 20.6. The predicted molar refractivity (Wildman–Crippen MR) is 78.0 cm³/mol. The molecule has 0 saturated carbocycles. The Bertz CT molecular complexity index is 487. The molecule has 0 aromatic heterocycles. The van der Waals surface area contributed by atoms with E-state index in [1.807, 2.05) is 36.4 Å². The van der Waals surface area contributed by atoms with Gasteiger partial charge in [-0.15, -0.1) is 0 Å². The molecule has 0 aliphatic carbocycles. The highest BCUT2D eigenvalue weighted by Gasteiger charge is 2.26. The summed E-state index contributed by atoms with van der Waals surface area (Å²) in [5.74, 6) is 0. The summed E-state index contributed by atoms with van der Waals surface area (Å²) in [5, 5.41) is 0. The van der Waals surface area contributed by atoms with Gasteiger partial charge in [0.25, 0.3) is 0 Å². The molecule has 0 bridgehead atoms. The Kier molecular flexibility index (Phi) is 3.73. The van der Waals surface area contributed by atoms with Crippen LogP contribution in [0.3, 0.4) is 0 Å². The molecule has 0 heterocycles. The molecule has 1 nitrogen and oxygen atoms in total. The van der Waals surface area contributed by atoms with Gasteiger partial charge in [0.05, 0.1) is 0 Å². The smallest absolute Gasteiger partial charge is 0.108 e. The molecule has 0 aliphatic rings. The normalized spacial score (nSPS) is 11.6. The van der Waals surface area contributed by atoms with Crippen molar-refractivity contribution in [1.29, 1.82) is 0 Å². The topological polar surface area (TPSA) is 12.4 Å². The molecule has 0 radical (unpaired) electrons. The summed E-state index contributed by atoms with van der Waals surface area (Å²) >= 11 is 0. The summed E-state index contributed by atoms with van der Waals surface area (Å²) in [4.78, 5) is 4.67. The molecule has 2 rings (SSSR count). The van der Waals surface area contributed by atoms with Crippen LogP contribution in [0.1, 0.15) is 18.1 Å². The number of hydrogen-bond acceptors (Lipinski definition) is 1. The number of aliphatic imine (C=N–C) groups is 1. The second-order valence-corrected chi connectivity index (χ2v) is 4.32. The van der Waals surface area contributed by atoms with Gasteiger partial charge in [0, 0.05) is 6.21 Å². The minimum atomic E-state index is -0.364. The molecule has 2 aromatic carbocycles. The van der Waals surface area contributed by atoms with Crippen molar-refractivity contribution in [3.8, 4) is 0 Å². The van der Waals surface area contributed by atoms with Crippen LogP contribution >= 0.6 is 0 Å². The first-order valence-corrected chi connectivity index (χ1v) is 6.04. The van der Waals surface area contributed by atoms with Crippen LogP contribution in [0, 0.1) is 0 Å². The minimum Gasteiger partial charge on any atom is -0.277 e. The van der Waals surface area contributed by atoms with E-state index in [1.165, 1.54) is 11.1 Å². The van der Waals surface area contributed by atoms with E-state index in [0.29, 0.717) is 0 Å². The predicted octanol–water partition coefficient (Wildman–Crippen LogP) is 4.21. The highest BCUT2D eigenvalue weighted by atomic mass is 14.8. The van der Waals surface area contributed by atoms with Crippen molar-refractivity contribution in [2.75, 3.05) is 0 Å². The molecule has 0 unspecified atom stereocenters. The third kappa shape index (κ3) is 2.40. The molecule has 18 heavy (non-hydrogen) atoms. The SMILES string of the molecule is C=CC=NC(C)(c1ccccc1)c1ccccc1. The molecule has 1 heteroatoms. The van der Waals surface area contributed by atoms with Gasteiger partial charge in [-0.2, -0.15) is 0 Å². The van der Waals surface area contributed by atoms with Gasteiger partial charge in [0.15, 0.2) is 0 Å². The van der Waals surface area contributed by atoms with Gasteiger partial charge in [0.1, 0.15) is 5.54 Å². The molecule has 0 saturated heterocycles. The van der Waals surface area contributed by atoms with Gasteiger partial charge >= 0.3 is 0 Å². The quantitative estimate of drug-likeness (QED) is 0.704. The zero-order chi connectivity index (χ0) is 12.8.